The third-order valence-corrected chi connectivity index (χ3v) is 3.15. The van der Waals surface area contributed by atoms with Gasteiger partial charge in [-0.2, -0.15) is 0 Å². The van der Waals surface area contributed by atoms with Crippen LogP contribution in [0.3, 0.4) is 0 Å². The Balaban J connectivity index is 1.96. The zero-order valence-electron chi connectivity index (χ0n) is 9.06. The summed E-state index contributed by atoms with van der Waals surface area (Å²) in [5.41, 5.74) is 3.96. The van der Waals surface area contributed by atoms with Gasteiger partial charge in [0.1, 0.15) is 0 Å². The second kappa shape index (κ2) is 4.06. The van der Waals surface area contributed by atoms with Gasteiger partial charge in [-0.3, -0.25) is 4.98 Å². The number of benzene rings is 1. The van der Waals surface area contributed by atoms with Crippen molar-refractivity contribution < 1.29 is 0 Å². The third kappa shape index (κ3) is 1.72. The largest absolute Gasteiger partial charge is 0.315 e. The van der Waals surface area contributed by atoms with Crippen LogP contribution >= 0.6 is 0 Å². The van der Waals surface area contributed by atoms with Crippen LogP contribution in [0.1, 0.15) is 11.5 Å². The van der Waals surface area contributed by atoms with Crippen molar-refractivity contribution in [2.75, 3.05) is 13.1 Å². The van der Waals surface area contributed by atoms with E-state index in [9.17, 15) is 0 Å². The Morgan fingerprint density at radius 2 is 1.81 bits per heavy atom. The molecule has 1 fully saturated rings. The first-order valence-corrected chi connectivity index (χ1v) is 5.64. The Bertz CT molecular complexity index is 475. The first kappa shape index (κ1) is 9.55. The van der Waals surface area contributed by atoms with Crippen LogP contribution in [0, 0.1) is 0 Å². The van der Waals surface area contributed by atoms with Crippen LogP contribution in [0.2, 0.25) is 0 Å². The summed E-state index contributed by atoms with van der Waals surface area (Å²) >= 11 is 0. The minimum atomic E-state index is 0.696. The van der Waals surface area contributed by atoms with E-state index in [4.69, 9.17) is 0 Å². The zero-order chi connectivity index (χ0) is 10.8. The Morgan fingerprint density at radius 3 is 2.50 bits per heavy atom. The molecule has 2 heteroatoms. The Labute approximate surface area is 95.3 Å². The molecule has 1 aromatic carbocycles. The molecule has 1 aliphatic rings. The molecule has 0 bridgehead atoms. The molecule has 0 aliphatic carbocycles. The summed E-state index contributed by atoms with van der Waals surface area (Å²) in [5.74, 6) is 0.696. The van der Waals surface area contributed by atoms with Gasteiger partial charge in [-0.25, -0.2) is 0 Å². The lowest BCUT2D eigenvalue weighted by Gasteiger charge is -2.27. The predicted octanol–water partition coefficient (Wildman–Crippen LogP) is 2.44. The molecule has 2 aromatic rings. The number of nitrogens with zero attached hydrogens (tertiary/aromatic N) is 1. The fourth-order valence-corrected chi connectivity index (χ4v) is 2.04. The van der Waals surface area contributed by atoms with Crippen molar-refractivity contribution in [1.82, 2.24) is 10.3 Å². The molecule has 0 atom stereocenters. The molecule has 0 amide bonds. The van der Waals surface area contributed by atoms with Crippen molar-refractivity contribution in [3.05, 3.63) is 54.4 Å². The molecule has 1 N–H and O–H groups in total. The normalized spacial score (nSPS) is 15.8. The van der Waals surface area contributed by atoms with Crippen molar-refractivity contribution in [3.63, 3.8) is 0 Å². The number of nitrogens with one attached hydrogen (secondary N) is 1. The van der Waals surface area contributed by atoms with Crippen molar-refractivity contribution in [1.29, 1.82) is 0 Å². The lowest BCUT2D eigenvalue weighted by molar-refractivity contribution is 0.448. The SMILES string of the molecule is c1cc(-c2ccncc2)cc(C2CNC2)c1. The average molecular weight is 210 g/mol. The minimum Gasteiger partial charge on any atom is -0.315 e. The quantitative estimate of drug-likeness (QED) is 0.823. The first-order chi connectivity index (χ1) is 7.93. The molecular weight excluding hydrogens is 196 g/mol. The van der Waals surface area contributed by atoms with E-state index in [0.717, 1.165) is 13.1 Å². The van der Waals surface area contributed by atoms with Crippen molar-refractivity contribution >= 4 is 0 Å². The lowest BCUT2D eigenvalue weighted by atomic mass is 9.91. The van der Waals surface area contributed by atoms with Crippen LogP contribution in [0.4, 0.5) is 0 Å². The summed E-state index contributed by atoms with van der Waals surface area (Å²) in [7, 11) is 0. The van der Waals surface area contributed by atoms with E-state index in [1.807, 2.05) is 12.4 Å². The van der Waals surface area contributed by atoms with Crippen LogP contribution in [-0.2, 0) is 0 Å². The Hall–Kier alpha value is -1.67. The maximum absolute atomic E-state index is 4.05. The molecule has 3 rings (SSSR count). The van der Waals surface area contributed by atoms with Gasteiger partial charge >= 0.3 is 0 Å². The molecule has 0 saturated carbocycles. The van der Waals surface area contributed by atoms with Gasteiger partial charge in [0.15, 0.2) is 0 Å². The van der Waals surface area contributed by atoms with E-state index in [0.29, 0.717) is 5.92 Å². The number of hydrogen-bond donors (Lipinski definition) is 1. The lowest BCUT2D eigenvalue weighted by Crippen LogP contribution is -2.39. The third-order valence-electron chi connectivity index (χ3n) is 3.15. The van der Waals surface area contributed by atoms with Crippen molar-refractivity contribution in [2.45, 2.75) is 5.92 Å². The van der Waals surface area contributed by atoms with Gasteiger partial charge in [-0.15, -0.1) is 0 Å². The standard InChI is InChI=1S/C14H14N2/c1-2-12(11-4-6-15-7-5-11)8-13(3-1)14-9-16-10-14/h1-8,14,16H,9-10H2. The van der Waals surface area contributed by atoms with Gasteiger partial charge in [0.05, 0.1) is 0 Å². The topological polar surface area (TPSA) is 24.9 Å². The smallest absolute Gasteiger partial charge is 0.0273 e. The molecule has 1 saturated heterocycles. The van der Waals surface area contributed by atoms with E-state index >= 15 is 0 Å². The summed E-state index contributed by atoms with van der Waals surface area (Å²) in [4.78, 5) is 4.05. The van der Waals surface area contributed by atoms with Crippen LogP contribution in [0.25, 0.3) is 11.1 Å². The molecule has 1 aliphatic heterocycles. The van der Waals surface area contributed by atoms with Crippen molar-refractivity contribution in [2.24, 2.45) is 0 Å². The second-order valence-electron chi connectivity index (χ2n) is 4.22. The highest BCUT2D eigenvalue weighted by Gasteiger charge is 2.18. The molecule has 1 aromatic heterocycles. The van der Waals surface area contributed by atoms with Gasteiger partial charge in [0.25, 0.3) is 0 Å². The van der Waals surface area contributed by atoms with E-state index in [1.54, 1.807) is 0 Å². The highest BCUT2D eigenvalue weighted by molar-refractivity contribution is 5.63. The molecule has 2 nitrogen and oxygen atoms in total. The monoisotopic (exact) mass is 210 g/mol. The predicted molar refractivity (Wildman–Crippen MR) is 65.3 cm³/mol. The summed E-state index contributed by atoms with van der Waals surface area (Å²) in [6.07, 6.45) is 3.68. The Morgan fingerprint density at radius 1 is 1.00 bits per heavy atom. The molecule has 16 heavy (non-hydrogen) atoms. The zero-order valence-corrected chi connectivity index (χ0v) is 9.06. The number of hydrogen-bond acceptors (Lipinski definition) is 2. The summed E-state index contributed by atoms with van der Waals surface area (Å²) in [6.45, 7) is 2.22. The van der Waals surface area contributed by atoms with Gasteiger partial charge < -0.3 is 5.32 Å². The maximum Gasteiger partial charge on any atom is 0.0273 e. The van der Waals surface area contributed by atoms with Gasteiger partial charge in [-0.1, -0.05) is 24.3 Å². The minimum absolute atomic E-state index is 0.696. The van der Waals surface area contributed by atoms with Crippen molar-refractivity contribution in [3.8, 4) is 11.1 Å². The molecule has 80 valence electrons. The number of aromatic nitrogens is 1. The second-order valence-corrected chi connectivity index (χ2v) is 4.22. The van der Waals surface area contributed by atoms with E-state index in [1.165, 1.54) is 16.7 Å². The Kier molecular flexibility index (Phi) is 2.43. The van der Waals surface area contributed by atoms with Gasteiger partial charge in [-0.05, 0) is 28.8 Å². The van der Waals surface area contributed by atoms with Crippen LogP contribution < -0.4 is 5.32 Å². The first-order valence-electron chi connectivity index (χ1n) is 5.64. The van der Waals surface area contributed by atoms with Crippen LogP contribution in [0.15, 0.2) is 48.8 Å². The summed E-state index contributed by atoms with van der Waals surface area (Å²) < 4.78 is 0. The molecular formula is C14H14N2. The summed E-state index contributed by atoms with van der Waals surface area (Å²) in [5, 5.41) is 3.31. The van der Waals surface area contributed by atoms with E-state index in [2.05, 4.69) is 46.7 Å². The molecule has 2 heterocycles. The average Bonchev–Trinajstić information content (AvgIpc) is 2.28. The van der Waals surface area contributed by atoms with Gasteiger partial charge in [0.2, 0.25) is 0 Å². The molecule has 0 spiro atoms. The van der Waals surface area contributed by atoms with E-state index < -0.39 is 0 Å². The van der Waals surface area contributed by atoms with Crippen LogP contribution in [-0.4, -0.2) is 18.1 Å². The molecule has 0 unspecified atom stereocenters. The molecule has 0 radical (unpaired) electrons. The highest BCUT2D eigenvalue weighted by Crippen LogP contribution is 2.25. The van der Waals surface area contributed by atoms with Crippen LogP contribution in [0.5, 0.6) is 0 Å². The maximum atomic E-state index is 4.05. The fraction of sp³-hybridized carbons (Fsp3) is 0.214. The fourth-order valence-electron chi connectivity index (χ4n) is 2.04. The summed E-state index contributed by atoms with van der Waals surface area (Å²) in [6, 6.07) is 12.9. The number of rotatable bonds is 2. The van der Waals surface area contributed by atoms with E-state index in [-0.39, 0.29) is 0 Å². The highest BCUT2D eigenvalue weighted by atomic mass is 14.9. The number of pyridine rings is 1. The van der Waals surface area contributed by atoms with Gasteiger partial charge in [0, 0.05) is 31.4 Å².